The summed E-state index contributed by atoms with van der Waals surface area (Å²) in [6.45, 7) is 7.23. The number of quaternary nitrogens is 1. The molecule has 0 aromatic carbocycles. The first kappa shape index (κ1) is 13.1. The molecule has 2 rings (SSSR count). The smallest absolute Gasteiger partial charge is 0.0991 e. The van der Waals surface area contributed by atoms with Crippen molar-refractivity contribution in [3.05, 3.63) is 18.7 Å². The summed E-state index contributed by atoms with van der Waals surface area (Å²) in [5.41, 5.74) is 2.45. The highest BCUT2D eigenvalue weighted by Crippen LogP contribution is 2.52. The van der Waals surface area contributed by atoms with Crippen LogP contribution in [0.15, 0.2) is 11.6 Å². The minimum atomic E-state index is 0.286. The van der Waals surface area contributed by atoms with Gasteiger partial charge in [-0.05, 0) is 38.2 Å². The molecule has 1 heteroatoms. The summed E-state index contributed by atoms with van der Waals surface area (Å²) in [5, 5.41) is 2.28. The second-order valence-electron chi connectivity index (χ2n) is 6.54. The standard InChI is InChI=1S/C16H29N/c1-5-7-14-9-11-15(3)10-6-8-13(2)16(15,12-14)17-4/h12-13H,4-11,17H2,1-3H3/t13-,15-,16-/m1/s1. The van der Waals surface area contributed by atoms with Gasteiger partial charge in [-0.2, -0.15) is 7.05 Å². The molecule has 1 nitrogen and oxygen atoms in total. The zero-order valence-electron chi connectivity index (χ0n) is 11.9. The lowest BCUT2D eigenvalue weighted by atomic mass is 9.53. The SMILES string of the molecule is [CH2-][NH2+][C@@]12C=C(CCC)CC[C@@]1(C)CCC[C@H]2C. The van der Waals surface area contributed by atoms with Crippen LogP contribution in [0.2, 0.25) is 0 Å². The van der Waals surface area contributed by atoms with Gasteiger partial charge in [0.2, 0.25) is 0 Å². The first-order valence-electron chi connectivity index (χ1n) is 7.42. The van der Waals surface area contributed by atoms with Crippen LogP contribution in [0.5, 0.6) is 0 Å². The van der Waals surface area contributed by atoms with Gasteiger partial charge in [-0.15, -0.1) is 0 Å². The highest BCUT2D eigenvalue weighted by molar-refractivity contribution is 5.23. The van der Waals surface area contributed by atoms with Crippen molar-refractivity contribution in [2.45, 2.75) is 71.3 Å². The van der Waals surface area contributed by atoms with Crippen LogP contribution < -0.4 is 5.32 Å². The molecule has 0 bridgehead atoms. The van der Waals surface area contributed by atoms with Crippen molar-refractivity contribution in [2.24, 2.45) is 11.3 Å². The lowest BCUT2D eigenvalue weighted by molar-refractivity contribution is -0.692. The van der Waals surface area contributed by atoms with Gasteiger partial charge in [-0.3, -0.25) is 0 Å². The van der Waals surface area contributed by atoms with Crippen LogP contribution in [-0.4, -0.2) is 5.54 Å². The van der Waals surface area contributed by atoms with Gasteiger partial charge in [-0.1, -0.05) is 39.2 Å². The summed E-state index contributed by atoms with van der Waals surface area (Å²) in [5.74, 6) is 0.769. The average Bonchev–Trinajstić information content (AvgIpc) is 2.31. The molecule has 17 heavy (non-hydrogen) atoms. The van der Waals surface area contributed by atoms with Crippen LogP contribution in [0.3, 0.4) is 0 Å². The zero-order chi connectivity index (χ0) is 12.5. The van der Waals surface area contributed by atoms with E-state index in [-0.39, 0.29) is 5.54 Å². The second-order valence-corrected chi connectivity index (χ2v) is 6.54. The van der Waals surface area contributed by atoms with E-state index in [1.54, 1.807) is 5.57 Å². The summed E-state index contributed by atoms with van der Waals surface area (Å²) in [6, 6.07) is 0. The summed E-state index contributed by atoms with van der Waals surface area (Å²) >= 11 is 0. The third-order valence-electron chi connectivity index (χ3n) is 5.58. The Morgan fingerprint density at radius 3 is 2.88 bits per heavy atom. The number of rotatable bonds is 3. The van der Waals surface area contributed by atoms with Crippen molar-refractivity contribution in [3.8, 4) is 0 Å². The number of allylic oxidation sites excluding steroid dienone is 1. The Labute approximate surface area is 107 Å². The van der Waals surface area contributed by atoms with Crippen molar-refractivity contribution >= 4 is 0 Å². The van der Waals surface area contributed by atoms with E-state index >= 15 is 0 Å². The van der Waals surface area contributed by atoms with E-state index in [2.05, 4.69) is 39.2 Å². The monoisotopic (exact) mass is 235 g/mol. The van der Waals surface area contributed by atoms with E-state index in [0.29, 0.717) is 5.41 Å². The molecule has 1 saturated carbocycles. The molecular formula is C16H29N. The van der Waals surface area contributed by atoms with E-state index in [1.165, 1.54) is 44.9 Å². The molecule has 0 heterocycles. The van der Waals surface area contributed by atoms with Crippen LogP contribution in [0, 0.1) is 18.4 Å². The second kappa shape index (κ2) is 4.76. The fourth-order valence-electron chi connectivity index (χ4n) is 4.38. The Kier molecular flexibility index (Phi) is 3.68. The van der Waals surface area contributed by atoms with Crippen LogP contribution in [0.1, 0.15) is 65.7 Å². The highest BCUT2D eigenvalue weighted by atomic mass is 15.0. The van der Waals surface area contributed by atoms with Crippen molar-refractivity contribution in [1.82, 2.24) is 0 Å². The normalized spacial score (nSPS) is 41.9. The fraction of sp³-hybridized carbons (Fsp3) is 0.812. The molecule has 0 unspecified atom stereocenters. The van der Waals surface area contributed by atoms with Gasteiger partial charge in [0.15, 0.2) is 0 Å². The fourth-order valence-corrected chi connectivity index (χ4v) is 4.38. The van der Waals surface area contributed by atoms with E-state index in [4.69, 9.17) is 0 Å². The number of hydrogen-bond donors (Lipinski definition) is 1. The van der Waals surface area contributed by atoms with E-state index in [9.17, 15) is 0 Å². The third kappa shape index (κ3) is 1.97. The molecule has 0 spiro atoms. The van der Waals surface area contributed by atoms with Gasteiger partial charge in [0.25, 0.3) is 0 Å². The molecule has 0 aliphatic heterocycles. The number of fused-ring (bicyclic) bond motifs is 1. The topological polar surface area (TPSA) is 16.6 Å². The molecule has 0 saturated heterocycles. The van der Waals surface area contributed by atoms with Gasteiger partial charge in [0.05, 0.1) is 5.54 Å². The van der Waals surface area contributed by atoms with Gasteiger partial charge < -0.3 is 5.32 Å². The molecular weight excluding hydrogens is 206 g/mol. The number of hydrogen-bond acceptors (Lipinski definition) is 0. The van der Waals surface area contributed by atoms with E-state index < -0.39 is 0 Å². The first-order valence-corrected chi connectivity index (χ1v) is 7.42. The maximum absolute atomic E-state index is 4.21. The van der Waals surface area contributed by atoms with Gasteiger partial charge >= 0.3 is 0 Å². The molecule has 2 aliphatic rings. The highest BCUT2D eigenvalue weighted by Gasteiger charge is 2.54. The summed E-state index contributed by atoms with van der Waals surface area (Å²) in [6.07, 6.45) is 12.1. The van der Waals surface area contributed by atoms with Crippen LogP contribution >= 0.6 is 0 Å². The average molecular weight is 235 g/mol. The maximum atomic E-state index is 4.21. The van der Waals surface area contributed by atoms with Crippen LogP contribution in [-0.2, 0) is 0 Å². The molecule has 2 N–H and O–H groups in total. The Bertz CT molecular complexity index is 307. The number of nitrogens with two attached hydrogens (primary N) is 1. The van der Waals surface area contributed by atoms with Crippen LogP contribution in [0.4, 0.5) is 0 Å². The summed E-state index contributed by atoms with van der Waals surface area (Å²) < 4.78 is 0. The molecule has 0 aromatic rings. The predicted molar refractivity (Wildman–Crippen MR) is 73.4 cm³/mol. The van der Waals surface area contributed by atoms with Crippen molar-refractivity contribution in [2.75, 3.05) is 0 Å². The van der Waals surface area contributed by atoms with Gasteiger partial charge in [0, 0.05) is 11.3 Å². The molecule has 1 fully saturated rings. The largest absolute Gasteiger partial charge is 0.470 e. The minimum Gasteiger partial charge on any atom is -0.470 e. The Morgan fingerprint density at radius 2 is 2.24 bits per heavy atom. The molecule has 2 aliphatic carbocycles. The Balaban J connectivity index is 2.37. The lowest BCUT2D eigenvalue weighted by Crippen LogP contribution is -2.97. The minimum absolute atomic E-state index is 0.286. The molecule has 0 amide bonds. The van der Waals surface area contributed by atoms with Gasteiger partial charge in [-0.25, -0.2) is 0 Å². The van der Waals surface area contributed by atoms with Crippen molar-refractivity contribution in [1.29, 1.82) is 0 Å². The first-order chi connectivity index (χ1) is 8.08. The third-order valence-corrected chi connectivity index (χ3v) is 5.58. The quantitative estimate of drug-likeness (QED) is 0.570. The summed E-state index contributed by atoms with van der Waals surface area (Å²) in [4.78, 5) is 0. The maximum Gasteiger partial charge on any atom is 0.0991 e. The predicted octanol–water partition coefficient (Wildman–Crippen LogP) is 3.43. The molecule has 3 atom stereocenters. The Morgan fingerprint density at radius 1 is 1.47 bits per heavy atom. The Hall–Kier alpha value is -0.300. The lowest BCUT2D eigenvalue weighted by Gasteiger charge is -2.55. The van der Waals surface area contributed by atoms with Crippen molar-refractivity contribution in [3.63, 3.8) is 0 Å². The van der Waals surface area contributed by atoms with Crippen molar-refractivity contribution < 1.29 is 5.32 Å². The molecule has 0 aromatic heterocycles. The van der Waals surface area contributed by atoms with E-state index in [0.717, 1.165) is 5.92 Å². The van der Waals surface area contributed by atoms with Crippen LogP contribution in [0.25, 0.3) is 0 Å². The molecule has 98 valence electrons. The zero-order valence-corrected chi connectivity index (χ0v) is 11.9. The summed E-state index contributed by atoms with van der Waals surface area (Å²) in [7, 11) is 4.21. The molecule has 0 radical (unpaired) electrons. The van der Waals surface area contributed by atoms with Gasteiger partial charge in [0.1, 0.15) is 0 Å². The van der Waals surface area contributed by atoms with E-state index in [1.807, 2.05) is 0 Å².